The molecule has 1 aromatic carbocycles. The maximum atomic E-state index is 12.1. The van der Waals surface area contributed by atoms with Gasteiger partial charge >= 0.3 is 5.97 Å². The van der Waals surface area contributed by atoms with E-state index in [9.17, 15) is 4.79 Å². The Morgan fingerprint density at radius 2 is 2.15 bits per heavy atom. The lowest BCUT2D eigenvalue weighted by molar-refractivity contribution is 0.0505. The Bertz CT molecular complexity index is 951. The highest BCUT2D eigenvalue weighted by Gasteiger charge is 2.20. The molecule has 134 valence electrons. The average Bonchev–Trinajstić information content (AvgIpc) is 3.06. The summed E-state index contributed by atoms with van der Waals surface area (Å²) in [7, 11) is 0. The van der Waals surface area contributed by atoms with Crippen molar-refractivity contribution >= 4 is 39.0 Å². The van der Waals surface area contributed by atoms with Gasteiger partial charge in [-0.15, -0.1) is 11.3 Å². The van der Waals surface area contributed by atoms with Crippen LogP contribution in [0.4, 0.5) is 11.5 Å². The predicted octanol–water partition coefficient (Wildman–Crippen LogP) is 4.88. The summed E-state index contributed by atoms with van der Waals surface area (Å²) in [5.74, 6) is 0.518. The van der Waals surface area contributed by atoms with Crippen molar-refractivity contribution in [3.63, 3.8) is 0 Å². The lowest BCUT2D eigenvalue weighted by Crippen LogP contribution is -2.06. The molecule has 0 unspecified atom stereocenters. The van der Waals surface area contributed by atoms with E-state index in [1.165, 1.54) is 23.3 Å². The second-order valence-corrected chi connectivity index (χ2v) is 7.54. The Balaban J connectivity index is 1.65. The minimum Gasteiger partial charge on any atom is -0.462 e. The molecule has 0 atom stereocenters. The van der Waals surface area contributed by atoms with Gasteiger partial charge in [-0.2, -0.15) is 0 Å². The van der Waals surface area contributed by atoms with Gasteiger partial charge in [0.05, 0.1) is 17.6 Å². The van der Waals surface area contributed by atoms with Crippen molar-refractivity contribution in [2.45, 2.75) is 39.0 Å². The third-order valence-corrected chi connectivity index (χ3v) is 5.75. The van der Waals surface area contributed by atoms with Crippen molar-refractivity contribution in [3.8, 4) is 0 Å². The van der Waals surface area contributed by atoms with Gasteiger partial charge in [-0.25, -0.2) is 14.8 Å². The average molecular weight is 367 g/mol. The van der Waals surface area contributed by atoms with Gasteiger partial charge in [0.1, 0.15) is 17.0 Å². The first-order valence-electron chi connectivity index (χ1n) is 9.05. The summed E-state index contributed by atoms with van der Waals surface area (Å²) in [6.45, 7) is 2.41. The zero-order chi connectivity index (χ0) is 17.9. The topological polar surface area (TPSA) is 64.1 Å². The van der Waals surface area contributed by atoms with Crippen molar-refractivity contribution in [1.82, 2.24) is 9.97 Å². The number of anilines is 2. The SMILES string of the molecule is CCCOC(=O)c1cccc(Nc2ncnc3sc4c(c23)CCCC4)c1. The molecule has 0 aliphatic heterocycles. The number of thiophene rings is 1. The van der Waals surface area contributed by atoms with Crippen molar-refractivity contribution in [1.29, 1.82) is 0 Å². The lowest BCUT2D eigenvalue weighted by Gasteiger charge is -2.13. The Morgan fingerprint density at radius 1 is 1.27 bits per heavy atom. The van der Waals surface area contributed by atoms with Crippen LogP contribution in [0.2, 0.25) is 0 Å². The molecule has 0 bridgehead atoms. The number of nitrogens with one attached hydrogen (secondary N) is 1. The zero-order valence-electron chi connectivity index (χ0n) is 14.7. The van der Waals surface area contributed by atoms with E-state index >= 15 is 0 Å². The first kappa shape index (κ1) is 17.0. The van der Waals surface area contributed by atoms with Crippen LogP contribution in [-0.4, -0.2) is 22.5 Å². The van der Waals surface area contributed by atoms with Crippen LogP contribution in [0.5, 0.6) is 0 Å². The number of ether oxygens (including phenoxy) is 1. The molecular weight excluding hydrogens is 346 g/mol. The molecule has 2 aromatic heterocycles. The summed E-state index contributed by atoms with van der Waals surface area (Å²) in [6.07, 6.45) is 7.09. The van der Waals surface area contributed by atoms with Crippen LogP contribution in [0.15, 0.2) is 30.6 Å². The molecule has 2 heterocycles. The molecule has 0 saturated carbocycles. The fourth-order valence-corrected chi connectivity index (χ4v) is 4.55. The molecule has 1 aliphatic carbocycles. The first-order chi connectivity index (χ1) is 12.8. The first-order valence-corrected chi connectivity index (χ1v) is 9.87. The predicted molar refractivity (Wildman–Crippen MR) is 104 cm³/mol. The number of esters is 1. The van der Waals surface area contributed by atoms with Gasteiger partial charge in [-0.3, -0.25) is 0 Å². The van der Waals surface area contributed by atoms with Crippen molar-refractivity contribution < 1.29 is 9.53 Å². The van der Waals surface area contributed by atoms with Gasteiger partial charge in [0, 0.05) is 10.6 Å². The van der Waals surface area contributed by atoms with Gasteiger partial charge < -0.3 is 10.1 Å². The van der Waals surface area contributed by atoms with E-state index in [0.29, 0.717) is 12.2 Å². The highest BCUT2D eigenvalue weighted by atomic mass is 32.1. The number of aromatic nitrogens is 2. The molecule has 5 nitrogen and oxygen atoms in total. The quantitative estimate of drug-likeness (QED) is 0.651. The molecule has 6 heteroatoms. The monoisotopic (exact) mass is 367 g/mol. The Labute approximate surface area is 156 Å². The fourth-order valence-electron chi connectivity index (χ4n) is 3.32. The van der Waals surface area contributed by atoms with E-state index in [1.807, 2.05) is 25.1 Å². The Morgan fingerprint density at radius 3 is 3.04 bits per heavy atom. The zero-order valence-corrected chi connectivity index (χ0v) is 15.6. The van der Waals surface area contributed by atoms with Gasteiger partial charge in [-0.1, -0.05) is 13.0 Å². The summed E-state index contributed by atoms with van der Waals surface area (Å²) in [4.78, 5) is 23.5. The van der Waals surface area contributed by atoms with Crippen LogP contribution < -0.4 is 5.32 Å². The maximum Gasteiger partial charge on any atom is 0.338 e. The second kappa shape index (κ2) is 7.41. The Hall–Kier alpha value is -2.47. The minimum absolute atomic E-state index is 0.295. The van der Waals surface area contributed by atoms with E-state index in [4.69, 9.17) is 4.74 Å². The van der Waals surface area contributed by atoms with E-state index in [2.05, 4.69) is 15.3 Å². The molecule has 26 heavy (non-hydrogen) atoms. The van der Waals surface area contributed by atoms with Crippen molar-refractivity contribution in [3.05, 3.63) is 46.6 Å². The molecule has 0 radical (unpaired) electrons. The molecule has 0 saturated heterocycles. The fraction of sp³-hybridized carbons (Fsp3) is 0.350. The maximum absolute atomic E-state index is 12.1. The van der Waals surface area contributed by atoms with Gasteiger partial charge in [-0.05, 0) is 55.9 Å². The molecule has 1 aliphatic rings. The largest absolute Gasteiger partial charge is 0.462 e. The van der Waals surface area contributed by atoms with Crippen molar-refractivity contribution in [2.75, 3.05) is 11.9 Å². The number of hydrogen-bond donors (Lipinski definition) is 1. The summed E-state index contributed by atoms with van der Waals surface area (Å²) < 4.78 is 5.22. The van der Waals surface area contributed by atoms with Crippen LogP contribution in [-0.2, 0) is 17.6 Å². The molecule has 0 spiro atoms. The van der Waals surface area contributed by atoms with Crippen molar-refractivity contribution in [2.24, 2.45) is 0 Å². The number of fused-ring (bicyclic) bond motifs is 3. The van der Waals surface area contributed by atoms with Crippen LogP contribution in [0, 0.1) is 0 Å². The van der Waals surface area contributed by atoms with Gasteiger partial charge in [0.15, 0.2) is 0 Å². The second-order valence-electron chi connectivity index (χ2n) is 6.46. The normalized spacial score (nSPS) is 13.4. The molecule has 0 fully saturated rings. The van der Waals surface area contributed by atoms with E-state index in [1.54, 1.807) is 23.7 Å². The molecule has 4 rings (SSSR count). The van der Waals surface area contributed by atoms with E-state index < -0.39 is 0 Å². The number of nitrogens with zero attached hydrogens (tertiary/aromatic N) is 2. The van der Waals surface area contributed by atoms with Crippen LogP contribution in [0.1, 0.15) is 47.0 Å². The molecule has 1 N–H and O–H groups in total. The number of hydrogen-bond acceptors (Lipinski definition) is 6. The molecule has 0 amide bonds. The number of benzene rings is 1. The van der Waals surface area contributed by atoms with Crippen LogP contribution in [0.3, 0.4) is 0 Å². The summed E-state index contributed by atoms with van der Waals surface area (Å²) in [6, 6.07) is 7.37. The minimum atomic E-state index is -0.295. The summed E-state index contributed by atoms with van der Waals surface area (Å²) in [5, 5.41) is 4.51. The number of aryl methyl sites for hydroxylation is 2. The van der Waals surface area contributed by atoms with E-state index in [0.717, 1.165) is 41.0 Å². The van der Waals surface area contributed by atoms with Gasteiger partial charge in [0.2, 0.25) is 0 Å². The number of carbonyl (C=O) groups excluding carboxylic acids is 1. The summed E-state index contributed by atoms with van der Waals surface area (Å²) in [5.41, 5.74) is 2.76. The van der Waals surface area contributed by atoms with Crippen LogP contribution >= 0.6 is 11.3 Å². The smallest absolute Gasteiger partial charge is 0.338 e. The summed E-state index contributed by atoms with van der Waals surface area (Å²) >= 11 is 1.78. The third kappa shape index (κ3) is 3.29. The third-order valence-electron chi connectivity index (χ3n) is 4.55. The molecule has 3 aromatic rings. The number of carbonyl (C=O) groups is 1. The van der Waals surface area contributed by atoms with Gasteiger partial charge in [0.25, 0.3) is 0 Å². The molecular formula is C20H21N3O2S. The lowest BCUT2D eigenvalue weighted by atomic mass is 9.97. The standard InChI is InChI=1S/C20H21N3O2S/c1-2-10-25-20(24)13-6-5-7-14(11-13)23-18-17-15-8-3-4-9-16(15)26-19(17)22-12-21-18/h5-7,11-12H,2-4,8-10H2,1H3,(H,21,22,23). The highest BCUT2D eigenvalue weighted by Crippen LogP contribution is 2.38. The number of rotatable bonds is 5. The highest BCUT2D eigenvalue weighted by molar-refractivity contribution is 7.19. The Kier molecular flexibility index (Phi) is 4.84. The van der Waals surface area contributed by atoms with Crippen LogP contribution in [0.25, 0.3) is 10.2 Å². The van der Waals surface area contributed by atoms with E-state index in [-0.39, 0.29) is 5.97 Å².